The Kier molecular flexibility index (Phi) is 4.77. The second-order valence-electron chi connectivity index (χ2n) is 7.09. The van der Waals surface area contributed by atoms with E-state index >= 15 is 0 Å². The first kappa shape index (κ1) is 16.1. The quantitative estimate of drug-likeness (QED) is 0.850. The zero-order chi connectivity index (χ0) is 15.5. The molecule has 0 bridgehead atoms. The fourth-order valence-electron chi connectivity index (χ4n) is 3.06. The van der Waals surface area contributed by atoms with Crippen molar-refractivity contribution in [2.45, 2.75) is 52.1 Å². The second-order valence-corrected chi connectivity index (χ2v) is 7.09. The van der Waals surface area contributed by atoms with E-state index in [-0.39, 0.29) is 11.5 Å². The van der Waals surface area contributed by atoms with Crippen molar-refractivity contribution >= 4 is 6.09 Å². The first-order valence-corrected chi connectivity index (χ1v) is 7.91. The lowest BCUT2D eigenvalue weighted by atomic mass is 9.71. The Balaban J connectivity index is 1.99. The third-order valence-corrected chi connectivity index (χ3v) is 4.37. The summed E-state index contributed by atoms with van der Waals surface area (Å²) in [5.41, 5.74) is 7.04. The number of piperidine rings is 1. The number of nitrogens with zero attached hydrogens (tertiary/aromatic N) is 1. The molecular weight excluding hydrogens is 264 g/mol. The van der Waals surface area contributed by atoms with Gasteiger partial charge in [-0.05, 0) is 52.0 Å². The predicted octanol–water partition coefficient (Wildman–Crippen LogP) is 3.24. The molecule has 4 heteroatoms. The SMILES string of the molecule is CC(C)(C)OC(=O)N1CCC(CN)(C2=CCCC=C2)CC1. The normalized spacial score (nSPS) is 21.9. The lowest BCUT2D eigenvalue weighted by Crippen LogP contribution is -2.48. The summed E-state index contributed by atoms with van der Waals surface area (Å²) < 4.78 is 5.45. The lowest BCUT2D eigenvalue weighted by Gasteiger charge is -2.42. The molecule has 0 radical (unpaired) electrons. The van der Waals surface area contributed by atoms with Crippen molar-refractivity contribution in [2.75, 3.05) is 19.6 Å². The Morgan fingerprint density at radius 2 is 2.00 bits per heavy atom. The Hall–Kier alpha value is -1.29. The molecule has 0 atom stereocenters. The molecule has 0 unspecified atom stereocenters. The third-order valence-electron chi connectivity index (χ3n) is 4.37. The first-order valence-electron chi connectivity index (χ1n) is 7.91. The summed E-state index contributed by atoms with van der Waals surface area (Å²) in [6.45, 7) is 7.78. The number of rotatable bonds is 2. The Morgan fingerprint density at radius 3 is 2.48 bits per heavy atom. The second kappa shape index (κ2) is 6.22. The molecule has 0 aromatic carbocycles. The molecule has 2 aliphatic rings. The highest BCUT2D eigenvalue weighted by Crippen LogP contribution is 2.40. The molecule has 0 aromatic rings. The van der Waals surface area contributed by atoms with Gasteiger partial charge in [0.15, 0.2) is 0 Å². The fraction of sp³-hybridized carbons (Fsp3) is 0.706. The largest absolute Gasteiger partial charge is 0.444 e. The van der Waals surface area contributed by atoms with Crippen molar-refractivity contribution in [3.63, 3.8) is 0 Å². The molecule has 118 valence electrons. The zero-order valence-corrected chi connectivity index (χ0v) is 13.5. The van der Waals surface area contributed by atoms with Gasteiger partial charge in [0.25, 0.3) is 0 Å². The molecule has 1 saturated heterocycles. The highest BCUT2D eigenvalue weighted by Gasteiger charge is 2.38. The molecule has 4 nitrogen and oxygen atoms in total. The summed E-state index contributed by atoms with van der Waals surface area (Å²) >= 11 is 0. The molecule has 21 heavy (non-hydrogen) atoms. The van der Waals surface area contributed by atoms with Gasteiger partial charge in [-0.1, -0.05) is 18.2 Å². The van der Waals surface area contributed by atoms with Crippen LogP contribution < -0.4 is 5.73 Å². The van der Waals surface area contributed by atoms with Crippen LogP contribution in [0.3, 0.4) is 0 Å². The summed E-state index contributed by atoms with van der Waals surface area (Å²) in [6, 6.07) is 0. The van der Waals surface area contributed by atoms with E-state index in [1.165, 1.54) is 5.57 Å². The first-order chi connectivity index (χ1) is 9.86. The molecule has 2 N–H and O–H groups in total. The van der Waals surface area contributed by atoms with Gasteiger partial charge in [-0.2, -0.15) is 0 Å². The van der Waals surface area contributed by atoms with Gasteiger partial charge in [0.1, 0.15) is 5.60 Å². The van der Waals surface area contributed by atoms with E-state index in [0.717, 1.165) is 38.8 Å². The minimum atomic E-state index is -0.436. The van der Waals surface area contributed by atoms with Crippen LogP contribution in [-0.2, 0) is 4.74 Å². The topological polar surface area (TPSA) is 55.6 Å². The van der Waals surface area contributed by atoms with Crippen LogP contribution in [-0.4, -0.2) is 36.2 Å². The number of carbonyl (C=O) groups excluding carboxylic acids is 1. The van der Waals surface area contributed by atoms with Gasteiger partial charge in [0.05, 0.1) is 0 Å². The molecule has 1 aliphatic heterocycles. The Bertz CT molecular complexity index is 438. The maximum Gasteiger partial charge on any atom is 0.410 e. The van der Waals surface area contributed by atoms with Crippen molar-refractivity contribution in [3.8, 4) is 0 Å². The maximum absolute atomic E-state index is 12.1. The summed E-state index contributed by atoms with van der Waals surface area (Å²) in [4.78, 5) is 13.9. The lowest BCUT2D eigenvalue weighted by molar-refractivity contribution is 0.0142. The number of ether oxygens (including phenoxy) is 1. The number of allylic oxidation sites excluding steroid dienone is 3. The zero-order valence-electron chi connectivity index (χ0n) is 13.5. The van der Waals surface area contributed by atoms with Crippen molar-refractivity contribution in [3.05, 3.63) is 23.8 Å². The van der Waals surface area contributed by atoms with Crippen LogP contribution >= 0.6 is 0 Å². The fourth-order valence-corrected chi connectivity index (χ4v) is 3.06. The van der Waals surface area contributed by atoms with Gasteiger partial charge in [-0.3, -0.25) is 0 Å². The molecule has 1 fully saturated rings. The van der Waals surface area contributed by atoms with Gasteiger partial charge in [0.2, 0.25) is 0 Å². The molecule has 1 aliphatic carbocycles. The molecule has 1 amide bonds. The van der Waals surface area contributed by atoms with Crippen LogP contribution in [0.5, 0.6) is 0 Å². The summed E-state index contributed by atoms with van der Waals surface area (Å²) in [5.74, 6) is 0. The van der Waals surface area contributed by atoms with E-state index in [1.54, 1.807) is 0 Å². The highest BCUT2D eigenvalue weighted by atomic mass is 16.6. The van der Waals surface area contributed by atoms with Crippen molar-refractivity contribution in [2.24, 2.45) is 11.1 Å². The number of amides is 1. The summed E-state index contributed by atoms with van der Waals surface area (Å²) in [5, 5.41) is 0. The van der Waals surface area contributed by atoms with Crippen molar-refractivity contribution < 1.29 is 9.53 Å². The number of hydrogen-bond acceptors (Lipinski definition) is 3. The molecule has 0 saturated carbocycles. The summed E-state index contributed by atoms with van der Waals surface area (Å²) in [6.07, 6.45) is 10.6. The van der Waals surface area contributed by atoms with E-state index < -0.39 is 5.60 Å². The van der Waals surface area contributed by atoms with Crippen LogP contribution in [0.2, 0.25) is 0 Å². The van der Waals surface area contributed by atoms with Gasteiger partial charge < -0.3 is 15.4 Å². The number of likely N-dealkylation sites (tertiary alicyclic amines) is 1. The van der Waals surface area contributed by atoms with Gasteiger partial charge >= 0.3 is 6.09 Å². The Morgan fingerprint density at radius 1 is 1.33 bits per heavy atom. The van der Waals surface area contributed by atoms with Crippen LogP contribution in [0, 0.1) is 5.41 Å². The standard InChI is InChI=1S/C17H28N2O2/c1-16(2,3)21-15(20)19-11-9-17(13-18,10-12-19)14-7-5-4-6-8-14/h5,7-8H,4,6,9-13,18H2,1-3H3. The van der Waals surface area contributed by atoms with Gasteiger partial charge in [-0.15, -0.1) is 0 Å². The molecule has 0 aromatic heterocycles. The smallest absolute Gasteiger partial charge is 0.410 e. The van der Waals surface area contributed by atoms with E-state index in [1.807, 2.05) is 25.7 Å². The van der Waals surface area contributed by atoms with Crippen LogP contribution in [0.1, 0.15) is 46.5 Å². The van der Waals surface area contributed by atoms with Crippen LogP contribution in [0.4, 0.5) is 4.79 Å². The summed E-state index contributed by atoms with van der Waals surface area (Å²) in [7, 11) is 0. The molecular formula is C17H28N2O2. The average Bonchev–Trinajstić information content (AvgIpc) is 2.46. The molecule has 0 spiro atoms. The third kappa shape index (κ3) is 3.88. The predicted molar refractivity (Wildman–Crippen MR) is 85.0 cm³/mol. The van der Waals surface area contributed by atoms with E-state index in [2.05, 4.69) is 18.2 Å². The van der Waals surface area contributed by atoms with Gasteiger partial charge in [-0.25, -0.2) is 4.79 Å². The van der Waals surface area contributed by atoms with Crippen molar-refractivity contribution in [1.82, 2.24) is 4.90 Å². The minimum Gasteiger partial charge on any atom is -0.444 e. The van der Waals surface area contributed by atoms with E-state index in [4.69, 9.17) is 10.5 Å². The molecule has 1 heterocycles. The number of hydrogen-bond donors (Lipinski definition) is 1. The minimum absolute atomic E-state index is 0.0371. The van der Waals surface area contributed by atoms with Crippen molar-refractivity contribution in [1.29, 1.82) is 0 Å². The maximum atomic E-state index is 12.1. The number of nitrogens with two attached hydrogens (primary N) is 1. The highest BCUT2D eigenvalue weighted by molar-refractivity contribution is 5.68. The number of carbonyl (C=O) groups is 1. The van der Waals surface area contributed by atoms with Gasteiger partial charge in [0, 0.05) is 25.0 Å². The van der Waals surface area contributed by atoms with E-state index in [9.17, 15) is 4.79 Å². The Labute approximate surface area is 128 Å². The molecule has 2 rings (SSSR count). The monoisotopic (exact) mass is 292 g/mol. The average molecular weight is 292 g/mol. The van der Waals surface area contributed by atoms with Crippen LogP contribution in [0.25, 0.3) is 0 Å². The van der Waals surface area contributed by atoms with E-state index in [0.29, 0.717) is 6.54 Å². The van der Waals surface area contributed by atoms with Crippen LogP contribution in [0.15, 0.2) is 23.8 Å².